The van der Waals surface area contributed by atoms with Crippen LogP contribution in [0.15, 0.2) is 36.1 Å². The maximum Gasteiger partial charge on any atom is 0.139 e. The fraction of sp³-hybridized carbons (Fsp3) is 0.500. The van der Waals surface area contributed by atoms with Crippen molar-refractivity contribution in [2.75, 3.05) is 55.7 Å². The Hall–Kier alpha value is -2.29. The second-order valence-electron chi connectivity index (χ2n) is 7.91. The summed E-state index contributed by atoms with van der Waals surface area (Å²) < 4.78 is 5.48. The van der Waals surface area contributed by atoms with E-state index < -0.39 is 0 Å². The predicted octanol–water partition coefficient (Wildman–Crippen LogP) is 2.72. The molecular weight excluding hydrogens is 396 g/mol. The molecule has 0 spiro atoms. The van der Waals surface area contributed by atoms with Crippen LogP contribution in [0.3, 0.4) is 0 Å². The van der Waals surface area contributed by atoms with Gasteiger partial charge >= 0.3 is 0 Å². The molecule has 30 heavy (non-hydrogen) atoms. The molecule has 8 heteroatoms. The van der Waals surface area contributed by atoms with Gasteiger partial charge in [-0.25, -0.2) is 15.0 Å². The summed E-state index contributed by atoms with van der Waals surface area (Å²) in [5, 5.41) is 8.11. The Kier molecular flexibility index (Phi) is 6.06. The number of nitrogens with zero attached hydrogens (tertiary/aromatic N) is 5. The summed E-state index contributed by atoms with van der Waals surface area (Å²) in [7, 11) is 0. The van der Waals surface area contributed by atoms with Crippen molar-refractivity contribution in [3.8, 4) is 0 Å². The average Bonchev–Trinajstić information content (AvgIpc) is 3.33. The first kappa shape index (κ1) is 19.7. The molecule has 4 heterocycles. The number of fused-ring (bicyclic) bond motifs is 1. The van der Waals surface area contributed by atoms with E-state index >= 15 is 0 Å². The number of nitrogens with one attached hydrogen (secondary N) is 1. The van der Waals surface area contributed by atoms with Gasteiger partial charge in [0.05, 0.1) is 23.7 Å². The van der Waals surface area contributed by atoms with Gasteiger partial charge in [-0.1, -0.05) is 0 Å². The molecule has 0 amide bonds. The molecule has 2 aliphatic rings. The van der Waals surface area contributed by atoms with E-state index in [0.717, 1.165) is 69.1 Å². The number of rotatable bonds is 6. The molecule has 5 rings (SSSR count). The van der Waals surface area contributed by atoms with Crippen LogP contribution in [0.2, 0.25) is 0 Å². The van der Waals surface area contributed by atoms with Gasteiger partial charge in [0.2, 0.25) is 0 Å². The molecule has 2 aromatic heterocycles. The van der Waals surface area contributed by atoms with Gasteiger partial charge in [-0.3, -0.25) is 0 Å². The molecule has 158 valence electrons. The highest BCUT2D eigenvalue weighted by molar-refractivity contribution is 7.09. The SMILES string of the molecule is c1csc(CCNC2CCCN(c3ncnc4cc(N5CCOCC5)ccc34)C2)n1. The summed E-state index contributed by atoms with van der Waals surface area (Å²) in [5.74, 6) is 1.06. The lowest BCUT2D eigenvalue weighted by atomic mass is 10.0. The van der Waals surface area contributed by atoms with Gasteiger partial charge in [0.15, 0.2) is 0 Å². The molecular formula is C22H28N6OS. The van der Waals surface area contributed by atoms with Crippen molar-refractivity contribution in [3.05, 3.63) is 41.1 Å². The Labute approximate surface area is 181 Å². The average molecular weight is 425 g/mol. The molecule has 0 bridgehead atoms. The van der Waals surface area contributed by atoms with Gasteiger partial charge in [-0.15, -0.1) is 11.3 Å². The smallest absolute Gasteiger partial charge is 0.139 e. The van der Waals surface area contributed by atoms with Crippen LogP contribution in [-0.4, -0.2) is 66.9 Å². The molecule has 0 radical (unpaired) electrons. The van der Waals surface area contributed by atoms with Gasteiger partial charge in [0, 0.05) is 67.8 Å². The number of aromatic nitrogens is 3. The predicted molar refractivity (Wildman–Crippen MR) is 122 cm³/mol. The zero-order valence-corrected chi connectivity index (χ0v) is 18.0. The standard InChI is InChI=1S/C22H28N6OS/c1-2-17(23-6-5-21-24-7-13-30-21)15-28(8-1)22-19-4-3-18(14-20(19)25-16-26-22)27-9-11-29-12-10-27/h3-4,7,13-14,16-17,23H,1-2,5-6,8-12,15H2. The number of thiazole rings is 1. The number of ether oxygens (including phenoxy) is 1. The van der Waals surface area contributed by atoms with E-state index in [0.29, 0.717) is 6.04 Å². The maximum atomic E-state index is 5.48. The number of anilines is 2. The number of piperidine rings is 1. The normalized spacial score (nSPS) is 20.1. The molecule has 2 saturated heterocycles. The van der Waals surface area contributed by atoms with E-state index in [9.17, 15) is 0 Å². The highest BCUT2D eigenvalue weighted by Crippen LogP contribution is 2.29. The first-order valence-corrected chi connectivity index (χ1v) is 11.7. The minimum atomic E-state index is 0.483. The van der Waals surface area contributed by atoms with Crippen molar-refractivity contribution < 1.29 is 4.74 Å². The van der Waals surface area contributed by atoms with Crippen LogP contribution in [0.25, 0.3) is 10.9 Å². The summed E-state index contributed by atoms with van der Waals surface area (Å²) in [6, 6.07) is 7.07. The fourth-order valence-corrected chi connectivity index (χ4v) is 5.02. The molecule has 1 aromatic carbocycles. The topological polar surface area (TPSA) is 66.4 Å². The van der Waals surface area contributed by atoms with Crippen LogP contribution >= 0.6 is 11.3 Å². The third-order valence-electron chi connectivity index (χ3n) is 5.95. The third kappa shape index (κ3) is 4.40. The zero-order valence-electron chi connectivity index (χ0n) is 17.2. The van der Waals surface area contributed by atoms with Crippen molar-refractivity contribution in [3.63, 3.8) is 0 Å². The summed E-state index contributed by atoms with van der Waals surface area (Å²) in [6.45, 7) is 6.44. The molecule has 1 N–H and O–H groups in total. The van der Waals surface area contributed by atoms with Crippen molar-refractivity contribution in [2.45, 2.75) is 25.3 Å². The molecule has 2 fully saturated rings. The quantitative estimate of drug-likeness (QED) is 0.653. The largest absolute Gasteiger partial charge is 0.378 e. The van der Waals surface area contributed by atoms with E-state index in [4.69, 9.17) is 4.74 Å². The summed E-state index contributed by atoms with van der Waals surface area (Å²) in [4.78, 5) is 18.4. The van der Waals surface area contributed by atoms with Crippen LogP contribution in [0.5, 0.6) is 0 Å². The van der Waals surface area contributed by atoms with Gasteiger partial charge in [-0.2, -0.15) is 0 Å². The Morgan fingerprint density at radius 3 is 2.90 bits per heavy atom. The molecule has 3 aromatic rings. The second kappa shape index (κ2) is 9.24. The first-order chi connectivity index (χ1) is 14.9. The lowest BCUT2D eigenvalue weighted by Gasteiger charge is -2.34. The fourth-order valence-electron chi connectivity index (χ4n) is 4.40. The van der Waals surface area contributed by atoms with Gasteiger partial charge in [0.25, 0.3) is 0 Å². The number of benzene rings is 1. The number of morpholine rings is 1. The van der Waals surface area contributed by atoms with Gasteiger partial charge in [-0.05, 0) is 31.0 Å². The van der Waals surface area contributed by atoms with Gasteiger partial charge in [0.1, 0.15) is 12.1 Å². The molecule has 2 aliphatic heterocycles. The van der Waals surface area contributed by atoms with Gasteiger partial charge < -0.3 is 19.9 Å². The molecule has 1 atom stereocenters. The second-order valence-corrected chi connectivity index (χ2v) is 8.89. The lowest BCUT2D eigenvalue weighted by molar-refractivity contribution is 0.122. The Bertz CT molecular complexity index is 959. The monoisotopic (exact) mass is 424 g/mol. The van der Waals surface area contributed by atoms with Crippen molar-refractivity contribution >= 4 is 33.7 Å². The maximum absolute atomic E-state index is 5.48. The first-order valence-electron chi connectivity index (χ1n) is 10.8. The van der Waals surface area contributed by atoms with E-state index in [1.54, 1.807) is 17.7 Å². The molecule has 0 saturated carbocycles. The van der Waals surface area contributed by atoms with Crippen LogP contribution in [0.4, 0.5) is 11.5 Å². The summed E-state index contributed by atoms with van der Waals surface area (Å²) >= 11 is 1.73. The minimum absolute atomic E-state index is 0.483. The third-order valence-corrected chi connectivity index (χ3v) is 6.79. The highest BCUT2D eigenvalue weighted by Gasteiger charge is 2.22. The Balaban J connectivity index is 1.28. The highest BCUT2D eigenvalue weighted by atomic mass is 32.1. The van der Waals surface area contributed by atoms with E-state index in [1.807, 2.05) is 11.6 Å². The summed E-state index contributed by atoms with van der Waals surface area (Å²) in [5.41, 5.74) is 2.23. The lowest BCUT2D eigenvalue weighted by Crippen LogP contribution is -2.46. The van der Waals surface area contributed by atoms with Crippen molar-refractivity contribution in [1.29, 1.82) is 0 Å². The van der Waals surface area contributed by atoms with E-state index in [-0.39, 0.29) is 0 Å². The number of hydrogen-bond donors (Lipinski definition) is 1. The van der Waals surface area contributed by atoms with Crippen molar-refractivity contribution in [1.82, 2.24) is 20.3 Å². The number of hydrogen-bond acceptors (Lipinski definition) is 8. The Morgan fingerprint density at radius 1 is 1.10 bits per heavy atom. The molecule has 7 nitrogen and oxygen atoms in total. The van der Waals surface area contributed by atoms with Crippen LogP contribution in [-0.2, 0) is 11.2 Å². The zero-order chi connectivity index (χ0) is 20.2. The van der Waals surface area contributed by atoms with Crippen LogP contribution < -0.4 is 15.1 Å². The summed E-state index contributed by atoms with van der Waals surface area (Å²) in [6.07, 6.45) is 6.97. The van der Waals surface area contributed by atoms with Crippen LogP contribution in [0.1, 0.15) is 17.8 Å². The molecule has 0 aliphatic carbocycles. The van der Waals surface area contributed by atoms with Crippen LogP contribution in [0, 0.1) is 0 Å². The minimum Gasteiger partial charge on any atom is -0.378 e. The van der Waals surface area contributed by atoms with Crippen molar-refractivity contribution in [2.24, 2.45) is 0 Å². The Morgan fingerprint density at radius 2 is 2.03 bits per heavy atom. The molecule has 1 unspecified atom stereocenters. The van der Waals surface area contributed by atoms with E-state index in [2.05, 4.69) is 48.3 Å². The van der Waals surface area contributed by atoms with E-state index in [1.165, 1.54) is 23.5 Å².